The minimum Gasteiger partial charge on any atom is -0.313 e. The van der Waals surface area contributed by atoms with Crippen LogP contribution in [0.2, 0.25) is 0 Å². The summed E-state index contributed by atoms with van der Waals surface area (Å²) in [6, 6.07) is 91.6. The number of rotatable bonds is 12. The number of allylic oxidation sites excluding steroid dienone is 4. The maximum Gasteiger partial charge on any atom is 0.0566 e. The summed E-state index contributed by atoms with van der Waals surface area (Å²) in [5, 5.41) is 0. The van der Waals surface area contributed by atoms with Crippen molar-refractivity contribution in [2.75, 3.05) is 9.80 Å². The molecule has 11 aromatic rings. The summed E-state index contributed by atoms with van der Waals surface area (Å²) in [5.41, 5.74) is 42.6. The molecule has 4 fully saturated rings. The van der Waals surface area contributed by atoms with Gasteiger partial charge in [-0.05, 0) is 286 Å². The zero-order chi connectivity index (χ0) is 67.7. The van der Waals surface area contributed by atoms with Gasteiger partial charge in [0.2, 0.25) is 0 Å². The SMILES string of the molecule is Cc1ccc(-c2cc(CCC3(C)c4ccccc4-c4ccc(N(c5ccc6c(c5)C5(CCCC5)c5ccccc5-6)c5ccccc5-c5ccc(C6CC7CCC6C7)cc5)cc43)cc(C)c2N(C2=CC3=C(CC2)c2ccccc2C32CCCC2)c2ccc3c(c2)C(C)(C)c2ccccc2-3)c(C)c1. The fourth-order valence-corrected chi connectivity index (χ4v) is 22.7. The Labute approximate surface area is 599 Å². The van der Waals surface area contributed by atoms with Crippen LogP contribution in [0.5, 0.6) is 0 Å². The number of fused-ring (bicyclic) bond motifs is 17. The second-order valence-corrected chi connectivity index (χ2v) is 33.2. The van der Waals surface area contributed by atoms with Crippen molar-refractivity contribution >= 4 is 34.0 Å². The molecular weight excluding hydrogens is 1220 g/mol. The Morgan fingerprint density at radius 2 is 0.960 bits per heavy atom. The average molecular weight is 1310 g/mol. The van der Waals surface area contributed by atoms with Gasteiger partial charge >= 0.3 is 0 Å². The van der Waals surface area contributed by atoms with Crippen LogP contribution in [0.3, 0.4) is 0 Å². The van der Waals surface area contributed by atoms with Gasteiger partial charge in [0.05, 0.1) is 11.4 Å². The molecule has 9 aliphatic rings. The Balaban J connectivity index is 0.723. The van der Waals surface area contributed by atoms with Crippen molar-refractivity contribution in [1.29, 1.82) is 0 Å². The first kappa shape index (κ1) is 61.4. The van der Waals surface area contributed by atoms with E-state index in [2.05, 4.69) is 288 Å². The van der Waals surface area contributed by atoms with Crippen molar-refractivity contribution in [3.63, 3.8) is 0 Å². The van der Waals surface area contributed by atoms with Crippen LogP contribution in [0.25, 0.3) is 61.2 Å². The second kappa shape index (κ2) is 23.0. The number of anilines is 5. The van der Waals surface area contributed by atoms with E-state index in [1.54, 1.807) is 16.7 Å². The van der Waals surface area contributed by atoms with E-state index in [0.717, 1.165) is 37.5 Å². The third-order valence-electron chi connectivity index (χ3n) is 27.5. The van der Waals surface area contributed by atoms with E-state index >= 15 is 0 Å². The minimum absolute atomic E-state index is 0.0375. The summed E-state index contributed by atoms with van der Waals surface area (Å²) in [6.07, 6.45) is 22.1. The lowest BCUT2D eigenvalue weighted by Gasteiger charge is -2.36. The number of nitrogens with zero attached hydrogens (tertiary/aromatic N) is 2. The molecule has 2 bridgehead atoms. The first-order chi connectivity index (χ1) is 49.3. The Bertz CT molecular complexity index is 5320. The Kier molecular flexibility index (Phi) is 14.0. The van der Waals surface area contributed by atoms with Crippen LogP contribution >= 0.6 is 0 Å². The lowest BCUT2D eigenvalue weighted by Crippen LogP contribution is -2.26. The molecule has 2 spiro atoms. The van der Waals surface area contributed by atoms with Crippen molar-refractivity contribution < 1.29 is 0 Å². The molecule has 4 unspecified atom stereocenters. The minimum atomic E-state index is -0.295. The summed E-state index contributed by atoms with van der Waals surface area (Å²) in [4.78, 5) is 5.42. The van der Waals surface area contributed by atoms with Crippen molar-refractivity contribution in [3.8, 4) is 55.6 Å². The van der Waals surface area contributed by atoms with E-state index in [1.165, 1.54) is 234 Å². The molecule has 0 N–H and O–H groups in total. The second-order valence-electron chi connectivity index (χ2n) is 33.2. The Morgan fingerprint density at radius 1 is 0.406 bits per heavy atom. The smallest absolute Gasteiger partial charge is 0.0566 e. The zero-order valence-corrected chi connectivity index (χ0v) is 60.0. The number of para-hydroxylation sites is 1. The highest BCUT2D eigenvalue weighted by atomic mass is 15.2. The maximum atomic E-state index is 2.76. The van der Waals surface area contributed by atoms with Gasteiger partial charge in [-0.1, -0.05) is 240 Å². The van der Waals surface area contributed by atoms with Crippen molar-refractivity contribution in [3.05, 3.63) is 320 Å². The third kappa shape index (κ3) is 9.20. The van der Waals surface area contributed by atoms with Crippen LogP contribution in [0.4, 0.5) is 28.4 Å². The highest BCUT2D eigenvalue weighted by molar-refractivity contribution is 5.95. The van der Waals surface area contributed by atoms with Crippen LogP contribution < -0.4 is 9.80 Å². The van der Waals surface area contributed by atoms with E-state index in [-0.39, 0.29) is 21.7 Å². The lowest BCUT2D eigenvalue weighted by atomic mass is 9.74. The molecule has 0 heterocycles. The average Bonchev–Trinajstić information content (AvgIpc) is 1.57. The molecule has 0 aliphatic heterocycles. The summed E-state index contributed by atoms with van der Waals surface area (Å²) < 4.78 is 0. The zero-order valence-electron chi connectivity index (χ0n) is 60.0. The number of benzene rings is 11. The van der Waals surface area contributed by atoms with Crippen LogP contribution in [0.1, 0.15) is 195 Å². The molecule has 2 nitrogen and oxygen atoms in total. The van der Waals surface area contributed by atoms with Crippen molar-refractivity contribution in [2.45, 2.75) is 172 Å². The first-order valence-corrected chi connectivity index (χ1v) is 38.6. The quantitative estimate of drug-likeness (QED) is 0.120. The van der Waals surface area contributed by atoms with Gasteiger partial charge in [-0.25, -0.2) is 0 Å². The van der Waals surface area contributed by atoms with Gasteiger partial charge < -0.3 is 9.80 Å². The number of hydrogen-bond acceptors (Lipinski definition) is 2. The van der Waals surface area contributed by atoms with E-state index in [0.29, 0.717) is 5.92 Å². The van der Waals surface area contributed by atoms with Gasteiger partial charge in [-0.3, -0.25) is 0 Å². The van der Waals surface area contributed by atoms with Gasteiger partial charge in [-0.2, -0.15) is 0 Å². The molecule has 11 aromatic carbocycles. The molecular formula is C99H92N2. The van der Waals surface area contributed by atoms with E-state index in [1.807, 2.05) is 0 Å². The van der Waals surface area contributed by atoms with Crippen molar-refractivity contribution in [1.82, 2.24) is 0 Å². The van der Waals surface area contributed by atoms with Crippen LogP contribution in [0, 0.1) is 32.6 Å². The van der Waals surface area contributed by atoms with E-state index in [9.17, 15) is 0 Å². The Morgan fingerprint density at radius 3 is 1.64 bits per heavy atom. The predicted molar refractivity (Wildman–Crippen MR) is 423 cm³/mol. The summed E-state index contributed by atoms with van der Waals surface area (Å²) >= 11 is 0. The van der Waals surface area contributed by atoms with E-state index < -0.39 is 0 Å². The van der Waals surface area contributed by atoms with Gasteiger partial charge in [-0.15, -0.1) is 0 Å². The molecule has 20 rings (SSSR count). The van der Waals surface area contributed by atoms with Gasteiger partial charge in [0, 0.05) is 55.5 Å². The molecule has 9 aliphatic carbocycles. The largest absolute Gasteiger partial charge is 0.313 e. The lowest BCUT2D eigenvalue weighted by molar-refractivity contribution is 0.420. The molecule has 0 aromatic heterocycles. The summed E-state index contributed by atoms with van der Waals surface area (Å²) in [7, 11) is 0. The molecule has 0 radical (unpaired) electrons. The standard InChI is InChI=1S/C99H92N2/c1-62-31-42-74(63(2)53-62)85-57-66(54-64(3)95(85)101(72-40-43-80-76-22-7-12-26-86(76)96(4,5)90(80)58-72)73-41-46-83-79-25-10-15-29-89(79)99(93(83)61-73)50-19-20-51-99)47-52-97(6)87-27-13-8-23-77(87)81-44-38-70(59-91(81)97)100(71-39-45-82-78-24-9-14-28-88(78)98(92(82)60-71)48-17-18-49-98)94-30-16-11-21-75(94)67-34-36-68(37-35-67)84-56-65-32-33-69(84)55-65/h7-16,21-31,34-40,42-45,53-54,57-61,65,69,84H,17-20,32-33,41,46-52,55-56H2,1-6H3. The highest BCUT2D eigenvalue weighted by Gasteiger charge is 2.49. The van der Waals surface area contributed by atoms with Crippen LogP contribution in [-0.4, -0.2) is 0 Å². The number of hydrogen-bond donors (Lipinski definition) is 0. The summed E-state index contributed by atoms with van der Waals surface area (Å²) in [6.45, 7) is 14.5. The topological polar surface area (TPSA) is 6.48 Å². The molecule has 0 saturated heterocycles. The maximum absolute atomic E-state index is 2.76. The van der Waals surface area contributed by atoms with Gasteiger partial charge in [0.15, 0.2) is 0 Å². The monoisotopic (exact) mass is 1310 g/mol. The Hall–Kier alpha value is -9.50. The molecule has 4 saturated carbocycles. The number of aryl methyl sites for hydroxylation is 4. The fourth-order valence-electron chi connectivity index (χ4n) is 22.7. The molecule has 2 heteroatoms. The highest BCUT2D eigenvalue weighted by Crippen LogP contribution is 2.63. The summed E-state index contributed by atoms with van der Waals surface area (Å²) in [5.74, 6) is 2.46. The predicted octanol–water partition coefficient (Wildman–Crippen LogP) is 26.5. The normalized spacial score (nSPS) is 21.3. The molecule has 498 valence electrons. The van der Waals surface area contributed by atoms with Crippen LogP contribution in [0.15, 0.2) is 248 Å². The van der Waals surface area contributed by atoms with Gasteiger partial charge in [0.1, 0.15) is 0 Å². The fraction of sp³-hybridized carbons (Fsp3) is 0.293. The van der Waals surface area contributed by atoms with Gasteiger partial charge in [0.25, 0.3) is 0 Å². The van der Waals surface area contributed by atoms with E-state index in [4.69, 9.17) is 0 Å². The molecule has 101 heavy (non-hydrogen) atoms. The molecule has 0 amide bonds. The van der Waals surface area contributed by atoms with Crippen LogP contribution in [-0.2, 0) is 28.1 Å². The third-order valence-corrected chi connectivity index (χ3v) is 27.5. The first-order valence-electron chi connectivity index (χ1n) is 38.6. The van der Waals surface area contributed by atoms with Crippen molar-refractivity contribution in [2.24, 2.45) is 11.8 Å². The molecule has 4 atom stereocenters.